The van der Waals surface area contributed by atoms with Crippen LogP contribution in [-0.4, -0.2) is 36.6 Å². The van der Waals surface area contributed by atoms with Crippen LogP contribution in [0, 0.1) is 6.92 Å². The predicted octanol–water partition coefficient (Wildman–Crippen LogP) is 2.81. The van der Waals surface area contributed by atoms with E-state index in [1.54, 1.807) is 18.5 Å². The Bertz CT molecular complexity index is 1160. The van der Waals surface area contributed by atoms with E-state index < -0.39 is 0 Å². The molecule has 1 N–H and O–H groups in total. The molecule has 3 heterocycles. The summed E-state index contributed by atoms with van der Waals surface area (Å²) in [4.78, 5) is 17.0. The second-order valence-corrected chi connectivity index (χ2v) is 7.06. The second kappa shape index (κ2) is 8.77. The Kier molecular flexibility index (Phi) is 5.74. The van der Waals surface area contributed by atoms with E-state index in [0.717, 1.165) is 23.7 Å². The molecule has 4 rings (SSSR count). The number of nitrogens with one attached hydrogen (secondary N) is 1. The fourth-order valence-corrected chi connectivity index (χ4v) is 3.24. The zero-order chi connectivity index (χ0) is 20.9. The van der Waals surface area contributed by atoms with Crippen molar-refractivity contribution in [3.63, 3.8) is 0 Å². The predicted molar refractivity (Wildman–Crippen MR) is 112 cm³/mol. The van der Waals surface area contributed by atoms with Gasteiger partial charge in [-0.1, -0.05) is 12.1 Å². The normalized spacial score (nSPS) is 11.0. The fourth-order valence-electron chi connectivity index (χ4n) is 3.24. The molecule has 0 aliphatic carbocycles. The molecule has 0 unspecified atom stereocenters. The highest BCUT2D eigenvalue weighted by atomic mass is 16.5. The van der Waals surface area contributed by atoms with Crippen LogP contribution >= 0.6 is 0 Å². The van der Waals surface area contributed by atoms with Gasteiger partial charge < -0.3 is 19.0 Å². The van der Waals surface area contributed by atoms with E-state index in [-0.39, 0.29) is 5.91 Å². The quantitative estimate of drug-likeness (QED) is 0.488. The zero-order valence-corrected chi connectivity index (χ0v) is 17.1. The highest BCUT2D eigenvalue weighted by Gasteiger charge is 2.09. The number of aromatic nitrogens is 5. The van der Waals surface area contributed by atoms with E-state index in [1.165, 1.54) is 5.56 Å². The first-order valence-electron chi connectivity index (χ1n) is 9.94. The zero-order valence-electron chi connectivity index (χ0n) is 17.1. The van der Waals surface area contributed by atoms with Gasteiger partial charge in [0.25, 0.3) is 5.91 Å². The van der Waals surface area contributed by atoms with Gasteiger partial charge in [0, 0.05) is 37.5 Å². The van der Waals surface area contributed by atoms with Crippen LogP contribution in [0.2, 0.25) is 0 Å². The molecule has 1 amide bonds. The van der Waals surface area contributed by atoms with Crippen LogP contribution in [0.3, 0.4) is 0 Å². The van der Waals surface area contributed by atoms with Crippen molar-refractivity contribution in [2.75, 3.05) is 6.54 Å². The Morgan fingerprint density at radius 3 is 2.97 bits per heavy atom. The maximum Gasteiger partial charge on any atom is 0.251 e. The van der Waals surface area contributed by atoms with E-state index in [9.17, 15) is 4.79 Å². The van der Waals surface area contributed by atoms with Gasteiger partial charge in [-0.05, 0) is 43.7 Å². The summed E-state index contributed by atoms with van der Waals surface area (Å²) in [7, 11) is 0. The minimum atomic E-state index is -0.147. The van der Waals surface area contributed by atoms with Gasteiger partial charge in [-0.2, -0.15) is 0 Å². The Morgan fingerprint density at radius 2 is 2.10 bits per heavy atom. The molecule has 4 aromatic rings. The van der Waals surface area contributed by atoms with Gasteiger partial charge in [0.2, 0.25) is 0 Å². The summed E-state index contributed by atoms with van der Waals surface area (Å²) in [5.41, 5.74) is 3.43. The molecule has 8 nitrogen and oxygen atoms in total. The first-order chi connectivity index (χ1) is 14.6. The van der Waals surface area contributed by atoms with Crippen molar-refractivity contribution in [1.82, 2.24) is 29.5 Å². The highest BCUT2D eigenvalue weighted by molar-refractivity contribution is 5.94. The lowest BCUT2D eigenvalue weighted by molar-refractivity contribution is 0.0953. The van der Waals surface area contributed by atoms with E-state index in [2.05, 4.69) is 20.5 Å². The first kappa shape index (κ1) is 19.6. The second-order valence-electron chi connectivity index (χ2n) is 7.06. The number of carbonyl (C=O) groups is 1. The number of fused-ring (bicyclic) bond motifs is 1. The maximum atomic E-state index is 12.5. The number of hydrogen-bond acceptors (Lipinski definition) is 5. The molecule has 1 aromatic carbocycles. The lowest BCUT2D eigenvalue weighted by atomic mass is 10.2. The lowest BCUT2D eigenvalue weighted by Crippen LogP contribution is -2.26. The Labute approximate surface area is 174 Å². The molecule has 0 fully saturated rings. The summed E-state index contributed by atoms with van der Waals surface area (Å²) in [5, 5.41) is 10.9. The van der Waals surface area contributed by atoms with Gasteiger partial charge in [-0.25, -0.2) is 4.98 Å². The minimum absolute atomic E-state index is 0.147. The monoisotopic (exact) mass is 404 g/mol. The van der Waals surface area contributed by atoms with E-state index in [1.807, 2.05) is 59.5 Å². The smallest absolute Gasteiger partial charge is 0.251 e. The largest absolute Gasteiger partial charge is 0.487 e. The number of ether oxygens (including phenoxy) is 1. The topological polar surface area (TPSA) is 86.3 Å². The molecule has 0 spiro atoms. The number of benzene rings is 1. The van der Waals surface area contributed by atoms with E-state index in [4.69, 9.17) is 4.74 Å². The number of amides is 1. The van der Waals surface area contributed by atoms with Gasteiger partial charge in [-0.15, -0.1) is 10.2 Å². The van der Waals surface area contributed by atoms with Crippen LogP contribution in [0.25, 0.3) is 5.65 Å². The van der Waals surface area contributed by atoms with E-state index >= 15 is 0 Å². The van der Waals surface area contributed by atoms with Crippen LogP contribution in [0.4, 0.5) is 0 Å². The summed E-state index contributed by atoms with van der Waals surface area (Å²) in [6.45, 7) is 5.70. The molecule has 154 valence electrons. The maximum absolute atomic E-state index is 12.5. The molecule has 0 saturated carbocycles. The summed E-state index contributed by atoms with van der Waals surface area (Å²) < 4.78 is 9.80. The summed E-state index contributed by atoms with van der Waals surface area (Å²) >= 11 is 0. The summed E-state index contributed by atoms with van der Waals surface area (Å²) in [6.07, 6.45) is 6.30. The van der Waals surface area contributed by atoms with Crippen LogP contribution in [-0.2, 0) is 19.6 Å². The van der Waals surface area contributed by atoms with Crippen molar-refractivity contribution in [3.05, 3.63) is 77.8 Å². The molecule has 3 aromatic heterocycles. The van der Waals surface area contributed by atoms with Gasteiger partial charge in [-0.3, -0.25) is 4.79 Å². The van der Waals surface area contributed by atoms with Crippen LogP contribution in [0.5, 0.6) is 5.75 Å². The SMILES string of the molecule is CCn1cnnc1CCNC(=O)c1cccc(OCc2cn3cc(C)ccc3n2)c1. The minimum Gasteiger partial charge on any atom is -0.487 e. The van der Waals surface area contributed by atoms with Crippen molar-refractivity contribution < 1.29 is 9.53 Å². The average molecular weight is 404 g/mol. The van der Waals surface area contributed by atoms with Crippen LogP contribution in [0.1, 0.15) is 34.4 Å². The van der Waals surface area contributed by atoms with Crippen molar-refractivity contribution in [3.8, 4) is 5.75 Å². The van der Waals surface area contributed by atoms with Gasteiger partial charge in [0.1, 0.15) is 30.2 Å². The molecular formula is C22H24N6O2. The molecular weight excluding hydrogens is 380 g/mol. The van der Waals surface area contributed by atoms with Crippen LogP contribution in [0.15, 0.2) is 55.1 Å². The van der Waals surface area contributed by atoms with Gasteiger partial charge in [0.05, 0.1) is 5.69 Å². The first-order valence-corrected chi connectivity index (χ1v) is 9.94. The molecule has 0 radical (unpaired) electrons. The third kappa shape index (κ3) is 4.48. The molecule has 0 bridgehead atoms. The Hall–Kier alpha value is -3.68. The number of hydrogen-bond donors (Lipinski definition) is 1. The fraction of sp³-hybridized carbons (Fsp3) is 0.273. The average Bonchev–Trinajstić information content (AvgIpc) is 3.38. The molecule has 0 saturated heterocycles. The van der Waals surface area contributed by atoms with Crippen LogP contribution < -0.4 is 10.1 Å². The third-order valence-electron chi connectivity index (χ3n) is 4.80. The van der Waals surface area contributed by atoms with Gasteiger partial charge in [0.15, 0.2) is 0 Å². The number of imidazole rings is 1. The van der Waals surface area contributed by atoms with Gasteiger partial charge >= 0.3 is 0 Å². The number of carbonyl (C=O) groups excluding carboxylic acids is 1. The van der Waals surface area contributed by atoms with Crippen molar-refractivity contribution in [2.24, 2.45) is 0 Å². The molecule has 0 aliphatic rings. The lowest BCUT2D eigenvalue weighted by Gasteiger charge is -2.08. The summed E-state index contributed by atoms with van der Waals surface area (Å²) in [6, 6.07) is 11.2. The third-order valence-corrected chi connectivity index (χ3v) is 4.80. The molecule has 0 atom stereocenters. The van der Waals surface area contributed by atoms with E-state index in [0.29, 0.717) is 30.9 Å². The number of pyridine rings is 1. The highest BCUT2D eigenvalue weighted by Crippen LogP contribution is 2.16. The number of nitrogens with zero attached hydrogens (tertiary/aromatic N) is 5. The summed E-state index contributed by atoms with van der Waals surface area (Å²) in [5.74, 6) is 1.34. The number of rotatable bonds is 8. The molecule has 8 heteroatoms. The Morgan fingerprint density at radius 1 is 1.20 bits per heavy atom. The van der Waals surface area contributed by atoms with Crippen molar-refractivity contribution in [1.29, 1.82) is 0 Å². The standard InChI is InChI=1S/C22H24N6O2/c1-3-27-15-24-26-21(27)9-10-23-22(29)17-5-4-6-19(11-17)30-14-18-13-28-12-16(2)7-8-20(28)25-18/h4-8,11-13,15H,3,9-10,14H2,1-2H3,(H,23,29). The van der Waals surface area contributed by atoms with Crippen molar-refractivity contribution in [2.45, 2.75) is 33.4 Å². The Balaban J connectivity index is 1.34. The number of aryl methyl sites for hydroxylation is 2. The molecule has 30 heavy (non-hydrogen) atoms. The van der Waals surface area contributed by atoms with Crippen molar-refractivity contribution >= 4 is 11.6 Å². The molecule has 0 aliphatic heterocycles.